The lowest BCUT2D eigenvalue weighted by molar-refractivity contribution is 0.0677. The Kier molecular flexibility index (Phi) is 5.39. The average molecular weight is 402 g/mol. The van der Waals surface area contributed by atoms with Crippen LogP contribution in [-0.2, 0) is 6.42 Å². The number of para-hydroxylation sites is 1. The molecule has 1 aliphatic heterocycles. The van der Waals surface area contributed by atoms with Crippen molar-refractivity contribution in [2.75, 3.05) is 19.0 Å². The molecule has 0 spiro atoms. The number of carboxylic acid groups (broad SMARTS) is 1. The Morgan fingerprint density at radius 1 is 1.03 bits per heavy atom. The van der Waals surface area contributed by atoms with Crippen molar-refractivity contribution < 1.29 is 19.4 Å². The number of aromatic carboxylic acids is 1. The molecule has 1 heterocycles. The van der Waals surface area contributed by atoms with Crippen molar-refractivity contribution in [3.63, 3.8) is 0 Å². The molecule has 0 saturated heterocycles. The van der Waals surface area contributed by atoms with E-state index in [1.54, 1.807) is 36.3 Å². The lowest BCUT2D eigenvalue weighted by atomic mass is 10.0. The van der Waals surface area contributed by atoms with Gasteiger partial charge >= 0.3 is 5.97 Å². The van der Waals surface area contributed by atoms with Gasteiger partial charge in [0.25, 0.3) is 5.91 Å². The molecule has 0 radical (unpaired) electrons. The van der Waals surface area contributed by atoms with Gasteiger partial charge in [0, 0.05) is 12.2 Å². The molecule has 6 nitrogen and oxygen atoms in total. The molecule has 152 valence electrons. The summed E-state index contributed by atoms with van der Waals surface area (Å²) in [6.45, 7) is 0.512. The maximum atomic E-state index is 13.3. The van der Waals surface area contributed by atoms with E-state index in [0.717, 1.165) is 22.6 Å². The van der Waals surface area contributed by atoms with E-state index < -0.39 is 5.97 Å². The fraction of sp³-hybridized carbons (Fsp3) is 0.167. The molecule has 1 atom stereocenters. The molecule has 1 aliphatic rings. The molecule has 0 aliphatic carbocycles. The minimum Gasteiger partial charge on any atom is -0.497 e. The van der Waals surface area contributed by atoms with E-state index in [1.165, 1.54) is 0 Å². The van der Waals surface area contributed by atoms with E-state index in [2.05, 4.69) is 5.32 Å². The topological polar surface area (TPSA) is 78.9 Å². The van der Waals surface area contributed by atoms with Crippen molar-refractivity contribution in [2.24, 2.45) is 0 Å². The molecule has 0 saturated carbocycles. The van der Waals surface area contributed by atoms with E-state index in [4.69, 9.17) is 9.84 Å². The zero-order chi connectivity index (χ0) is 21.1. The molecule has 0 bridgehead atoms. The number of carbonyl (C=O) groups is 2. The van der Waals surface area contributed by atoms with E-state index >= 15 is 0 Å². The summed E-state index contributed by atoms with van der Waals surface area (Å²) in [5, 5.41) is 12.6. The zero-order valence-corrected chi connectivity index (χ0v) is 16.5. The first-order valence-electron chi connectivity index (χ1n) is 9.69. The monoisotopic (exact) mass is 402 g/mol. The summed E-state index contributed by atoms with van der Waals surface area (Å²) in [6, 6.07) is 21.9. The second-order valence-corrected chi connectivity index (χ2v) is 7.12. The minimum atomic E-state index is -0.976. The fourth-order valence-corrected chi connectivity index (χ4v) is 3.64. The third kappa shape index (κ3) is 3.85. The van der Waals surface area contributed by atoms with Crippen LogP contribution >= 0.6 is 0 Å². The van der Waals surface area contributed by atoms with Crippen LogP contribution in [0.5, 0.6) is 5.75 Å². The second-order valence-electron chi connectivity index (χ2n) is 7.12. The number of hydrogen-bond donors (Lipinski definition) is 2. The van der Waals surface area contributed by atoms with Crippen LogP contribution in [0.15, 0.2) is 72.8 Å². The summed E-state index contributed by atoms with van der Waals surface area (Å²) >= 11 is 0. The number of carbonyl (C=O) groups excluding carboxylic acids is 1. The van der Waals surface area contributed by atoms with Crippen LogP contribution in [0.25, 0.3) is 0 Å². The predicted molar refractivity (Wildman–Crippen MR) is 114 cm³/mol. The largest absolute Gasteiger partial charge is 0.497 e. The van der Waals surface area contributed by atoms with Gasteiger partial charge in [-0.15, -0.1) is 0 Å². The van der Waals surface area contributed by atoms with Crippen molar-refractivity contribution >= 4 is 17.6 Å². The van der Waals surface area contributed by atoms with E-state index in [1.807, 2.05) is 48.5 Å². The number of methoxy groups -OCH3 is 1. The maximum absolute atomic E-state index is 13.3. The quantitative estimate of drug-likeness (QED) is 0.646. The van der Waals surface area contributed by atoms with Crippen LogP contribution < -0.4 is 10.1 Å². The summed E-state index contributed by atoms with van der Waals surface area (Å²) in [5.41, 5.74) is 3.55. The molecular weight excluding hydrogens is 380 g/mol. The predicted octanol–water partition coefficient (Wildman–Crippen LogP) is 4.20. The number of anilines is 1. The summed E-state index contributed by atoms with van der Waals surface area (Å²) in [6.07, 6.45) is 0.303. The third-order valence-electron chi connectivity index (χ3n) is 5.30. The number of benzene rings is 3. The highest BCUT2D eigenvalue weighted by molar-refractivity contribution is 6.01. The number of carboxylic acids is 1. The van der Waals surface area contributed by atoms with Gasteiger partial charge in [0.05, 0.1) is 18.2 Å². The molecular formula is C24H22N2O4. The average Bonchev–Trinajstić information content (AvgIpc) is 2.79. The molecule has 1 amide bonds. The van der Waals surface area contributed by atoms with Crippen LogP contribution in [0.4, 0.5) is 5.69 Å². The lowest BCUT2D eigenvalue weighted by Gasteiger charge is -2.38. The Hall–Kier alpha value is -3.80. The van der Waals surface area contributed by atoms with Crippen LogP contribution in [0, 0.1) is 0 Å². The third-order valence-corrected chi connectivity index (χ3v) is 5.30. The standard InChI is InChI=1S/C24H22N2O4/c1-30-19-12-6-16(7-13-19)14-15-26-22(17-8-10-18(11-9-17)24(28)29)25-21-5-3-2-4-20(21)23(26)27/h2-13,22,25H,14-15H2,1H3,(H,28,29)/t22-/m0/s1. The summed E-state index contributed by atoms with van der Waals surface area (Å²) in [4.78, 5) is 26.2. The first-order valence-corrected chi connectivity index (χ1v) is 9.69. The molecule has 6 heteroatoms. The van der Waals surface area contributed by atoms with Crippen LogP contribution in [-0.4, -0.2) is 35.5 Å². The molecule has 0 aromatic heterocycles. The normalized spacial score (nSPS) is 15.3. The van der Waals surface area contributed by atoms with E-state index in [-0.39, 0.29) is 17.6 Å². The van der Waals surface area contributed by atoms with Gasteiger partial charge in [-0.3, -0.25) is 4.79 Å². The van der Waals surface area contributed by atoms with Crippen molar-refractivity contribution in [1.29, 1.82) is 0 Å². The van der Waals surface area contributed by atoms with Crippen LogP contribution in [0.2, 0.25) is 0 Å². The summed E-state index contributed by atoms with van der Waals surface area (Å²) in [7, 11) is 1.63. The summed E-state index contributed by atoms with van der Waals surface area (Å²) in [5.74, 6) is -0.235. The van der Waals surface area contributed by atoms with Gasteiger partial charge in [-0.1, -0.05) is 36.4 Å². The molecule has 30 heavy (non-hydrogen) atoms. The van der Waals surface area contributed by atoms with E-state index in [9.17, 15) is 9.59 Å². The van der Waals surface area contributed by atoms with E-state index in [0.29, 0.717) is 18.5 Å². The van der Waals surface area contributed by atoms with Gasteiger partial charge in [-0.25, -0.2) is 4.79 Å². The van der Waals surface area contributed by atoms with Gasteiger partial charge in [-0.2, -0.15) is 0 Å². The number of amides is 1. The Morgan fingerprint density at radius 3 is 2.40 bits per heavy atom. The molecule has 0 unspecified atom stereocenters. The number of hydrogen-bond acceptors (Lipinski definition) is 4. The Bertz CT molecular complexity index is 1060. The molecule has 2 N–H and O–H groups in total. The highest BCUT2D eigenvalue weighted by Crippen LogP contribution is 2.33. The second kappa shape index (κ2) is 8.29. The summed E-state index contributed by atoms with van der Waals surface area (Å²) < 4.78 is 5.20. The molecule has 3 aromatic carbocycles. The Balaban J connectivity index is 1.62. The van der Waals surface area contributed by atoms with Crippen molar-refractivity contribution in [3.05, 3.63) is 95.1 Å². The maximum Gasteiger partial charge on any atom is 0.335 e. The van der Waals surface area contributed by atoms with Crippen molar-refractivity contribution in [2.45, 2.75) is 12.6 Å². The smallest absolute Gasteiger partial charge is 0.335 e. The first kappa shape index (κ1) is 19.5. The minimum absolute atomic E-state index is 0.0508. The number of rotatable bonds is 6. The van der Waals surface area contributed by atoms with Gasteiger partial charge in [0.1, 0.15) is 11.9 Å². The number of nitrogens with zero attached hydrogens (tertiary/aromatic N) is 1. The van der Waals surface area contributed by atoms with Crippen molar-refractivity contribution in [3.8, 4) is 5.75 Å². The SMILES string of the molecule is COc1ccc(CCN2C(=O)c3ccccc3N[C@@H]2c2ccc(C(=O)O)cc2)cc1. The molecule has 4 rings (SSSR count). The van der Waals surface area contributed by atoms with Gasteiger partial charge in [0.2, 0.25) is 0 Å². The molecule has 0 fully saturated rings. The number of nitrogens with one attached hydrogen (secondary N) is 1. The van der Waals surface area contributed by atoms with Gasteiger partial charge < -0.3 is 20.1 Å². The lowest BCUT2D eigenvalue weighted by Crippen LogP contribution is -2.44. The zero-order valence-electron chi connectivity index (χ0n) is 16.5. The van der Waals surface area contributed by atoms with Crippen molar-refractivity contribution in [1.82, 2.24) is 4.90 Å². The van der Waals surface area contributed by atoms with Crippen LogP contribution in [0.3, 0.4) is 0 Å². The number of ether oxygens (including phenoxy) is 1. The Labute approximate surface area is 174 Å². The fourth-order valence-electron chi connectivity index (χ4n) is 3.64. The Morgan fingerprint density at radius 2 is 1.73 bits per heavy atom. The molecule has 3 aromatic rings. The highest BCUT2D eigenvalue weighted by atomic mass is 16.5. The first-order chi connectivity index (χ1) is 14.6. The number of fused-ring (bicyclic) bond motifs is 1. The van der Waals surface area contributed by atoms with Gasteiger partial charge in [-0.05, 0) is 53.9 Å². The van der Waals surface area contributed by atoms with Gasteiger partial charge in [0.15, 0.2) is 0 Å². The van der Waals surface area contributed by atoms with Crippen LogP contribution in [0.1, 0.15) is 38.0 Å². The highest BCUT2D eigenvalue weighted by Gasteiger charge is 2.32.